The van der Waals surface area contributed by atoms with Gasteiger partial charge in [0.2, 0.25) is 5.78 Å². The number of nitro benzene ring substituents is 1. The molecule has 0 amide bonds. The third-order valence-corrected chi connectivity index (χ3v) is 5.50. The Kier molecular flexibility index (Phi) is 5.55. The zero-order chi connectivity index (χ0) is 19.6. The molecule has 1 aliphatic heterocycles. The fourth-order valence-corrected chi connectivity index (χ4v) is 3.88. The maximum atomic E-state index is 11.8. The number of anilines is 2. The van der Waals surface area contributed by atoms with Crippen LogP contribution >= 0.6 is 0 Å². The van der Waals surface area contributed by atoms with E-state index in [1.165, 1.54) is 31.5 Å². The molecule has 0 atom stereocenters. The molecule has 3 rings (SSSR count). The summed E-state index contributed by atoms with van der Waals surface area (Å²) in [5.41, 5.74) is 2.65. The Labute approximate surface area is 157 Å². The molecule has 0 aromatic heterocycles. The van der Waals surface area contributed by atoms with E-state index < -0.39 is 10.7 Å². The van der Waals surface area contributed by atoms with Gasteiger partial charge in [0.25, 0.3) is 5.69 Å². The van der Waals surface area contributed by atoms with Crippen LogP contribution in [0.4, 0.5) is 17.1 Å². The second-order valence-corrected chi connectivity index (χ2v) is 7.20. The molecule has 1 aromatic rings. The summed E-state index contributed by atoms with van der Waals surface area (Å²) >= 11 is 0. The van der Waals surface area contributed by atoms with Gasteiger partial charge in [0.15, 0.2) is 6.29 Å². The van der Waals surface area contributed by atoms with Gasteiger partial charge in [0.1, 0.15) is 5.70 Å². The minimum atomic E-state index is -0.671. The molecule has 8 nitrogen and oxygen atoms in total. The first-order valence-electron chi connectivity index (χ1n) is 9.16. The van der Waals surface area contributed by atoms with Crippen molar-refractivity contribution in [1.29, 1.82) is 0 Å². The Morgan fingerprint density at radius 2 is 2.07 bits per heavy atom. The fourth-order valence-electron chi connectivity index (χ4n) is 3.88. The molecule has 8 heteroatoms. The van der Waals surface area contributed by atoms with Crippen LogP contribution in [0.15, 0.2) is 18.0 Å². The molecule has 2 aliphatic rings. The highest BCUT2D eigenvalue weighted by molar-refractivity contribution is 6.34. The van der Waals surface area contributed by atoms with Crippen LogP contribution in [0, 0.1) is 17.0 Å². The zero-order valence-electron chi connectivity index (χ0n) is 15.6. The molecule has 0 radical (unpaired) electrons. The predicted molar refractivity (Wildman–Crippen MR) is 103 cm³/mol. The fraction of sp³-hybridized carbons (Fsp3) is 0.474. The lowest BCUT2D eigenvalue weighted by molar-refractivity contribution is -0.385. The lowest BCUT2D eigenvalue weighted by atomic mass is 9.93. The molecule has 1 saturated carbocycles. The van der Waals surface area contributed by atoms with Gasteiger partial charge in [-0.2, -0.15) is 0 Å². The second-order valence-electron chi connectivity index (χ2n) is 7.20. The van der Waals surface area contributed by atoms with E-state index in [1.807, 2.05) is 7.05 Å². The highest BCUT2D eigenvalue weighted by atomic mass is 16.6. The molecule has 1 fully saturated rings. The summed E-state index contributed by atoms with van der Waals surface area (Å²) < 4.78 is 0. The Morgan fingerprint density at radius 3 is 2.70 bits per heavy atom. The van der Waals surface area contributed by atoms with Crippen molar-refractivity contribution < 1.29 is 14.5 Å². The van der Waals surface area contributed by atoms with Crippen molar-refractivity contribution in [1.82, 2.24) is 4.90 Å². The summed E-state index contributed by atoms with van der Waals surface area (Å²) in [5.74, 6) is -0.671. The quantitative estimate of drug-likeness (QED) is 0.342. The molecule has 0 saturated heterocycles. The van der Waals surface area contributed by atoms with Crippen LogP contribution in [0.5, 0.6) is 0 Å². The largest absolute Gasteiger partial charge is 0.358 e. The van der Waals surface area contributed by atoms with E-state index in [0.29, 0.717) is 29.5 Å². The van der Waals surface area contributed by atoms with Crippen molar-refractivity contribution >= 4 is 29.1 Å². The number of hydrogen-bond acceptors (Lipinski definition) is 7. The Morgan fingerprint density at radius 1 is 1.37 bits per heavy atom. The van der Waals surface area contributed by atoms with Crippen molar-refractivity contribution in [2.24, 2.45) is 0 Å². The van der Waals surface area contributed by atoms with Crippen molar-refractivity contribution in [3.8, 4) is 0 Å². The molecule has 0 bridgehead atoms. The minimum Gasteiger partial charge on any atom is -0.358 e. The lowest BCUT2D eigenvalue weighted by Gasteiger charge is -2.33. The number of allylic oxidation sites excluding steroid dienone is 1. The second kappa shape index (κ2) is 7.87. The summed E-state index contributed by atoms with van der Waals surface area (Å²) in [6.07, 6.45) is 7.50. The van der Waals surface area contributed by atoms with Crippen molar-refractivity contribution in [2.45, 2.75) is 51.6 Å². The van der Waals surface area contributed by atoms with Gasteiger partial charge in [-0.05, 0) is 26.8 Å². The SMILES string of the molecule is Cc1c([N+](=O)[O-])cc2c(c1CN(C)C1CCCCC1)NC(C(=O)C=O)=CN2. The first-order valence-corrected chi connectivity index (χ1v) is 9.16. The van der Waals surface area contributed by atoms with Gasteiger partial charge in [-0.25, -0.2) is 0 Å². The normalized spacial score (nSPS) is 16.8. The van der Waals surface area contributed by atoms with Gasteiger partial charge >= 0.3 is 0 Å². The molecule has 27 heavy (non-hydrogen) atoms. The molecule has 2 N–H and O–H groups in total. The van der Waals surface area contributed by atoms with Gasteiger partial charge in [0.05, 0.1) is 16.3 Å². The van der Waals surface area contributed by atoms with Gasteiger partial charge in [-0.15, -0.1) is 0 Å². The molecule has 144 valence electrons. The summed E-state index contributed by atoms with van der Waals surface area (Å²) in [5, 5.41) is 17.4. The molecular weight excluding hydrogens is 348 g/mol. The Bertz CT molecular complexity index is 812. The van der Waals surface area contributed by atoms with Gasteiger partial charge in [-0.3, -0.25) is 24.6 Å². The number of hydrogen-bond donors (Lipinski definition) is 2. The summed E-state index contributed by atoms with van der Waals surface area (Å²) in [4.78, 5) is 35.9. The van der Waals surface area contributed by atoms with E-state index in [9.17, 15) is 19.7 Å². The van der Waals surface area contributed by atoms with Crippen molar-refractivity contribution in [3.63, 3.8) is 0 Å². The van der Waals surface area contributed by atoms with Gasteiger partial charge < -0.3 is 10.6 Å². The van der Waals surface area contributed by atoms with Gasteiger partial charge in [0, 0.05) is 36.0 Å². The van der Waals surface area contributed by atoms with Crippen LogP contribution in [-0.4, -0.2) is 35.0 Å². The smallest absolute Gasteiger partial charge is 0.274 e. The standard InChI is InChI=1S/C19H24N4O4/c1-12-14(10-22(2)13-6-4-3-5-7-13)19-15(8-17(12)23(26)27)20-9-16(21-19)18(25)11-24/h8-9,11,13,20-21H,3-7,10H2,1-2H3. The molecule has 1 aromatic carbocycles. The summed E-state index contributed by atoms with van der Waals surface area (Å²) in [6.45, 7) is 2.25. The number of benzene rings is 1. The van der Waals surface area contributed by atoms with Crippen LogP contribution in [0.25, 0.3) is 0 Å². The van der Waals surface area contributed by atoms with Crippen LogP contribution in [0.1, 0.15) is 43.2 Å². The van der Waals surface area contributed by atoms with E-state index in [-0.39, 0.29) is 17.7 Å². The van der Waals surface area contributed by atoms with E-state index in [1.54, 1.807) is 6.92 Å². The number of rotatable bonds is 6. The monoisotopic (exact) mass is 372 g/mol. The third-order valence-electron chi connectivity index (χ3n) is 5.50. The average molecular weight is 372 g/mol. The van der Waals surface area contributed by atoms with E-state index in [4.69, 9.17) is 0 Å². The number of aldehydes is 1. The van der Waals surface area contributed by atoms with Crippen molar-refractivity contribution in [3.05, 3.63) is 39.2 Å². The number of ketones is 1. The summed E-state index contributed by atoms with van der Waals surface area (Å²) in [7, 11) is 2.03. The maximum absolute atomic E-state index is 11.8. The highest BCUT2D eigenvalue weighted by Gasteiger charge is 2.27. The number of nitrogens with one attached hydrogen (secondary N) is 2. The van der Waals surface area contributed by atoms with E-state index >= 15 is 0 Å². The zero-order valence-corrected chi connectivity index (χ0v) is 15.6. The van der Waals surface area contributed by atoms with Crippen LogP contribution in [0.2, 0.25) is 0 Å². The molecule has 0 unspecified atom stereocenters. The number of nitro groups is 1. The molecule has 1 aliphatic carbocycles. The number of Topliss-reactive ketones (excluding diaryl/α,β-unsaturated/α-hetero) is 1. The number of nitrogens with zero attached hydrogens (tertiary/aromatic N) is 2. The third kappa shape index (κ3) is 3.85. The Hall–Kier alpha value is -2.74. The Balaban J connectivity index is 1.98. The van der Waals surface area contributed by atoms with Crippen LogP contribution < -0.4 is 10.6 Å². The first kappa shape index (κ1) is 19.0. The molecule has 0 spiro atoms. The maximum Gasteiger partial charge on any atom is 0.274 e. The van der Waals surface area contributed by atoms with E-state index in [0.717, 1.165) is 18.4 Å². The van der Waals surface area contributed by atoms with Gasteiger partial charge in [-0.1, -0.05) is 19.3 Å². The molecular formula is C19H24N4O4. The van der Waals surface area contributed by atoms with Crippen LogP contribution in [-0.2, 0) is 16.1 Å². The minimum absolute atomic E-state index is 0.0358. The first-order chi connectivity index (χ1) is 12.9. The highest BCUT2D eigenvalue weighted by Crippen LogP contribution is 2.39. The topological polar surface area (TPSA) is 105 Å². The lowest BCUT2D eigenvalue weighted by Crippen LogP contribution is -2.33. The average Bonchev–Trinajstić information content (AvgIpc) is 2.69. The van der Waals surface area contributed by atoms with Crippen LogP contribution in [0.3, 0.4) is 0 Å². The predicted octanol–water partition coefficient (Wildman–Crippen LogP) is 3.11. The summed E-state index contributed by atoms with van der Waals surface area (Å²) in [6, 6.07) is 1.90. The van der Waals surface area contributed by atoms with E-state index in [2.05, 4.69) is 15.5 Å². The number of carbonyl (C=O) groups excluding carboxylic acids is 2. The number of fused-ring (bicyclic) bond motifs is 1. The van der Waals surface area contributed by atoms with Crippen molar-refractivity contribution in [2.75, 3.05) is 17.7 Å². The number of carbonyl (C=O) groups is 2. The molecule has 1 heterocycles.